The van der Waals surface area contributed by atoms with E-state index in [1.165, 1.54) is 30.0 Å². The fourth-order valence-electron chi connectivity index (χ4n) is 7.35. The van der Waals surface area contributed by atoms with Crippen molar-refractivity contribution in [3.8, 4) is 11.8 Å². The lowest BCUT2D eigenvalue weighted by atomic mass is 9.98. The first-order valence-corrected chi connectivity index (χ1v) is 18.8. The third-order valence-electron chi connectivity index (χ3n) is 10.3. The molecule has 3 aliphatic rings. The molecule has 2 atom stereocenters. The lowest BCUT2D eigenvalue weighted by molar-refractivity contribution is -0.138. The van der Waals surface area contributed by atoms with Crippen LogP contribution in [0.15, 0.2) is 54.6 Å². The summed E-state index contributed by atoms with van der Waals surface area (Å²) in [5.41, 5.74) is -3.01. The van der Waals surface area contributed by atoms with Gasteiger partial charge in [-0.3, -0.25) is 39.2 Å². The Balaban J connectivity index is 0.987. The van der Waals surface area contributed by atoms with Crippen molar-refractivity contribution in [2.75, 3.05) is 66.3 Å². The molecule has 3 aromatic carbocycles. The highest BCUT2D eigenvalue weighted by molar-refractivity contribution is 7.81. The average Bonchev–Trinajstić information content (AvgIpc) is 3.32. The van der Waals surface area contributed by atoms with Gasteiger partial charge in [-0.05, 0) is 75.2 Å². The number of hydrogen-bond acceptors (Lipinski definition) is 11. The number of alkyl halides is 3. The number of amides is 4. The minimum atomic E-state index is -4.83. The zero-order valence-electron chi connectivity index (χ0n) is 31.5. The summed E-state index contributed by atoms with van der Waals surface area (Å²) in [7, 11) is 0. The van der Waals surface area contributed by atoms with Crippen LogP contribution in [0.2, 0.25) is 0 Å². The Morgan fingerprint density at radius 2 is 1.74 bits per heavy atom. The number of anilines is 4. The molecule has 302 valence electrons. The number of ether oxygens (including phenoxy) is 1. The second-order valence-electron chi connectivity index (χ2n) is 14.6. The van der Waals surface area contributed by atoms with Crippen molar-refractivity contribution in [3.05, 3.63) is 77.1 Å². The minimum Gasteiger partial charge on any atom is -0.489 e. The van der Waals surface area contributed by atoms with Crippen LogP contribution in [-0.2, 0) is 25.4 Å². The maximum atomic E-state index is 15.5. The maximum Gasteiger partial charge on any atom is 0.418 e. The first-order chi connectivity index (χ1) is 27.0. The number of nitrogens with zero attached hydrogens (tertiary/aromatic N) is 5. The number of nitrogens with one attached hydrogen (secondary N) is 3. The molecule has 3 aliphatic heterocycles. The summed E-state index contributed by atoms with van der Waals surface area (Å²) in [5.74, 6) is -2.14. The smallest absolute Gasteiger partial charge is 0.418 e. The van der Waals surface area contributed by atoms with E-state index in [0.717, 1.165) is 11.0 Å². The SMILES string of the molecule is Cc1c(N2C(=O)C(C)(C)N(c3ccc(OCCN4CCN(CC(=O)Nc5cccc(NC6CCC(=O)NC6=O)c5)CC4)c(F)c3)C2S)ccc(C#N)c1C(F)(F)F. The molecule has 3 heterocycles. The zero-order chi connectivity index (χ0) is 41.2. The third kappa shape index (κ3) is 8.95. The van der Waals surface area contributed by atoms with E-state index in [9.17, 15) is 37.6 Å². The van der Waals surface area contributed by atoms with Gasteiger partial charge in [0.15, 0.2) is 17.1 Å². The number of carbonyl (C=O) groups is 4. The number of thiol groups is 1. The molecule has 0 aliphatic carbocycles. The van der Waals surface area contributed by atoms with E-state index >= 15 is 4.39 Å². The summed E-state index contributed by atoms with van der Waals surface area (Å²) in [6, 6.07) is 14.5. The molecule has 3 fully saturated rings. The second kappa shape index (κ2) is 16.6. The Morgan fingerprint density at radius 3 is 2.40 bits per heavy atom. The number of rotatable bonds is 11. The molecule has 3 aromatic rings. The first kappa shape index (κ1) is 41.3. The molecule has 2 unspecified atom stereocenters. The molecule has 57 heavy (non-hydrogen) atoms. The predicted molar refractivity (Wildman–Crippen MR) is 207 cm³/mol. The van der Waals surface area contributed by atoms with Gasteiger partial charge in [0.05, 0.1) is 29.4 Å². The molecule has 6 rings (SSSR count). The largest absolute Gasteiger partial charge is 0.489 e. The highest BCUT2D eigenvalue weighted by Gasteiger charge is 2.52. The summed E-state index contributed by atoms with van der Waals surface area (Å²) in [6.45, 7) is 7.76. The average molecular weight is 811 g/mol. The van der Waals surface area contributed by atoms with Gasteiger partial charge >= 0.3 is 6.18 Å². The second-order valence-corrected chi connectivity index (χ2v) is 15.0. The van der Waals surface area contributed by atoms with Gasteiger partial charge in [-0.2, -0.15) is 18.4 Å². The standard InChI is InChI=1S/C39H42F4N8O5S/c1-23-30(10-7-24(21-44)34(23)39(41,42)43)50-36(55)38(2,3)51(37(50)57)27-8-11-31(28(40)20-27)56-18-17-48-13-15-49(16-14-48)22-33(53)46-26-6-4-5-25(19-26)45-29-9-12-32(52)47-35(29)54/h4-8,10-11,19-20,29,37,45,57H,9,12-18,22H2,1-3H3,(H,46,53)(H,47,52,54). The molecule has 13 nitrogen and oxygen atoms in total. The van der Waals surface area contributed by atoms with Gasteiger partial charge in [0.2, 0.25) is 17.7 Å². The van der Waals surface area contributed by atoms with Gasteiger partial charge in [0.25, 0.3) is 5.91 Å². The quantitative estimate of drug-likeness (QED) is 0.122. The topological polar surface area (TPSA) is 150 Å². The number of piperazine rings is 1. The fourth-order valence-corrected chi connectivity index (χ4v) is 8.00. The normalized spacial score (nSPS) is 20.3. The lowest BCUT2D eigenvalue weighted by Gasteiger charge is -2.34. The highest BCUT2D eigenvalue weighted by atomic mass is 32.1. The van der Waals surface area contributed by atoms with Gasteiger partial charge in [-0.15, -0.1) is 12.6 Å². The fraction of sp³-hybridized carbons (Fsp3) is 0.410. The Morgan fingerprint density at radius 1 is 1.04 bits per heavy atom. The van der Waals surface area contributed by atoms with Crippen LogP contribution in [-0.4, -0.2) is 96.4 Å². The number of carbonyl (C=O) groups excluding carboxylic acids is 4. The van der Waals surface area contributed by atoms with Crippen LogP contribution in [0.25, 0.3) is 0 Å². The number of nitriles is 1. The number of piperidine rings is 1. The number of hydrogen-bond donors (Lipinski definition) is 4. The molecule has 3 saturated heterocycles. The van der Waals surface area contributed by atoms with Gasteiger partial charge < -0.3 is 20.3 Å². The van der Waals surface area contributed by atoms with Crippen LogP contribution in [0.1, 0.15) is 43.4 Å². The summed E-state index contributed by atoms with van der Waals surface area (Å²) in [6.07, 6.45) is -4.20. The lowest BCUT2D eigenvalue weighted by Crippen LogP contribution is -2.49. The van der Waals surface area contributed by atoms with E-state index in [0.29, 0.717) is 50.5 Å². The summed E-state index contributed by atoms with van der Waals surface area (Å²) >= 11 is 4.61. The number of benzene rings is 3. The van der Waals surface area contributed by atoms with E-state index in [4.69, 9.17) is 4.74 Å². The molecule has 0 radical (unpaired) electrons. The van der Waals surface area contributed by atoms with Gasteiger partial charge in [0.1, 0.15) is 18.2 Å². The Bertz CT molecular complexity index is 2100. The van der Waals surface area contributed by atoms with Crippen LogP contribution in [0.3, 0.4) is 0 Å². The van der Waals surface area contributed by atoms with E-state index < -0.39 is 46.1 Å². The number of imide groups is 1. The highest BCUT2D eigenvalue weighted by Crippen LogP contribution is 2.45. The zero-order valence-corrected chi connectivity index (χ0v) is 32.3. The third-order valence-corrected chi connectivity index (χ3v) is 10.8. The van der Waals surface area contributed by atoms with Crippen LogP contribution in [0.5, 0.6) is 5.75 Å². The van der Waals surface area contributed by atoms with Crippen molar-refractivity contribution in [1.82, 2.24) is 15.1 Å². The molecule has 18 heteroatoms. The summed E-state index contributed by atoms with van der Waals surface area (Å²) in [5, 5.41) is 17.6. The van der Waals surface area contributed by atoms with Crippen molar-refractivity contribution >= 4 is 59.0 Å². The summed E-state index contributed by atoms with van der Waals surface area (Å²) in [4.78, 5) is 56.8. The van der Waals surface area contributed by atoms with E-state index in [2.05, 4.69) is 33.5 Å². The maximum absolute atomic E-state index is 15.5. The van der Waals surface area contributed by atoms with Gasteiger partial charge in [0, 0.05) is 62.3 Å². The van der Waals surface area contributed by atoms with Crippen molar-refractivity contribution in [1.29, 1.82) is 5.26 Å². The van der Waals surface area contributed by atoms with Crippen LogP contribution >= 0.6 is 12.6 Å². The summed E-state index contributed by atoms with van der Waals surface area (Å²) < 4.78 is 63.1. The van der Waals surface area contributed by atoms with Crippen molar-refractivity contribution in [3.63, 3.8) is 0 Å². The Hall–Kier alpha value is -5.38. The molecular formula is C39H42F4N8O5S. The van der Waals surface area contributed by atoms with Gasteiger partial charge in [-0.25, -0.2) is 4.39 Å². The molecule has 0 aromatic heterocycles. The Kier molecular flexibility index (Phi) is 12.0. The molecule has 0 saturated carbocycles. The van der Waals surface area contributed by atoms with Crippen molar-refractivity contribution < 1.29 is 41.5 Å². The Labute approximate surface area is 332 Å². The van der Waals surface area contributed by atoms with Crippen LogP contribution < -0.4 is 30.5 Å². The molecule has 3 N–H and O–H groups in total. The minimum absolute atomic E-state index is 0.0147. The van der Waals surface area contributed by atoms with E-state index in [1.807, 2.05) is 4.90 Å². The molecule has 0 spiro atoms. The molecule has 0 bridgehead atoms. The molecular weight excluding hydrogens is 769 g/mol. The van der Waals surface area contributed by atoms with Crippen LogP contribution in [0, 0.1) is 24.1 Å². The number of halogens is 4. The first-order valence-electron chi connectivity index (χ1n) is 18.3. The monoisotopic (exact) mass is 810 g/mol. The predicted octanol–water partition coefficient (Wildman–Crippen LogP) is 4.72. The molecule has 4 amide bonds. The van der Waals surface area contributed by atoms with Crippen LogP contribution in [0.4, 0.5) is 40.3 Å². The van der Waals surface area contributed by atoms with E-state index in [-0.39, 0.29) is 60.0 Å². The van der Waals surface area contributed by atoms with Crippen molar-refractivity contribution in [2.24, 2.45) is 0 Å². The van der Waals surface area contributed by atoms with E-state index in [1.54, 1.807) is 50.2 Å². The van der Waals surface area contributed by atoms with Gasteiger partial charge in [-0.1, -0.05) is 6.07 Å². The van der Waals surface area contributed by atoms with Crippen molar-refractivity contribution in [2.45, 2.75) is 56.9 Å².